The second-order valence-corrected chi connectivity index (χ2v) is 8.24. The van der Waals surface area contributed by atoms with Crippen LogP contribution in [0, 0.1) is 11.8 Å². The van der Waals surface area contributed by atoms with E-state index in [1.165, 1.54) is 0 Å². The number of nitrogens with one attached hydrogen (secondary N) is 1. The smallest absolute Gasteiger partial charge is 0.234 e. The van der Waals surface area contributed by atoms with Crippen LogP contribution in [0.15, 0.2) is 60.7 Å². The highest BCUT2D eigenvalue weighted by atomic mass is 35.5. The summed E-state index contributed by atoms with van der Waals surface area (Å²) < 4.78 is 11.4. The predicted molar refractivity (Wildman–Crippen MR) is 112 cm³/mol. The summed E-state index contributed by atoms with van der Waals surface area (Å²) >= 11 is 6.19. The minimum absolute atomic E-state index is 0.0927. The zero-order valence-electron chi connectivity index (χ0n) is 16.4. The highest BCUT2D eigenvalue weighted by molar-refractivity contribution is 6.31. The van der Waals surface area contributed by atoms with Crippen molar-refractivity contribution in [1.82, 2.24) is 5.32 Å². The monoisotopic (exact) mass is 424 g/mol. The zero-order chi connectivity index (χ0) is 20.9. The van der Waals surface area contributed by atoms with E-state index in [2.05, 4.69) is 5.32 Å². The van der Waals surface area contributed by atoms with Crippen LogP contribution in [0.2, 0.25) is 5.02 Å². The van der Waals surface area contributed by atoms with Crippen molar-refractivity contribution in [1.29, 1.82) is 0 Å². The van der Waals surface area contributed by atoms with E-state index in [0.717, 1.165) is 17.0 Å². The van der Waals surface area contributed by atoms with Crippen LogP contribution < -0.4 is 15.0 Å². The van der Waals surface area contributed by atoms with E-state index in [-0.39, 0.29) is 17.9 Å². The van der Waals surface area contributed by atoms with Crippen LogP contribution in [0.1, 0.15) is 5.56 Å². The molecule has 4 atom stereocenters. The molecule has 3 aliphatic rings. The number of carbonyl (C=O) groups excluding carboxylic acids is 2. The lowest BCUT2D eigenvalue weighted by atomic mass is 9.77. The second-order valence-electron chi connectivity index (χ2n) is 7.83. The summed E-state index contributed by atoms with van der Waals surface area (Å²) in [5, 5.41) is 3.54. The van der Waals surface area contributed by atoms with E-state index in [9.17, 15) is 9.59 Å². The third kappa shape index (κ3) is 2.90. The van der Waals surface area contributed by atoms with Gasteiger partial charge in [0.1, 0.15) is 11.4 Å². The van der Waals surface area contributed by atoms with Gasteiger partial charge in [-0.15, -0.1) is 0 Å². The predicted octanol–water partition coefficient (Wildman–Crippen LogP) is 2.95. The van der Waals surface area contributed by atoms with Gasteiger partial charge >= 0.3 is 0 Å². The number of methoxy groups -OCH3 is 1. The Hall–Kier alpha value is -2.83. The molecule has 154 valence electrons. The van der Waals surface area contributed by atoms with Crippen molar-refractivity contribution in [2.75, 3.05) is 18.6 Å². The van der Waals surface area contributed by atoms with Crippen LogP contribution in [-0.4, -0.2) is 37.2 Å². The molecule has 30 heavy (non-hydrogen) atoms. The number of nitrogens with zero attached hydrogens (tertiary/aromatic N) is 1. The summed E-state index contributed by atoms with van der Waals surface area (Å²) in [6.45, 7) is 0.700. The van der Waals surface area contributed by atoms with Crippen LogP contribution in [0.25, 0.3) is 0 Å². The summed E-state index contributed by atoms with van der Waals surface area (Å²) in [7, 11) is 1.60. The van der Waals surface area contributed by atoms with Gasteiger partial charge in [-0.1, -0.05) is 42.0 Å². The lowest BCUT2D eigenvalue weighted by Gasteiger charge is -2.23. The van der Waals surface area contributed by atoms with E-state index in [4.69, 9.17) is 21.1 Å². The van der Waals surface area contributed by atoms with Gasteiger partial charge in [-0.3, -0.25) is 9.59 Å². The van der Waals surface area contributed by atoms with Gasteiger partial charge < -0.3 is 19.7 Å². The Labute approximate surface area is 179 Å². The number of hydrogen-bond acceptors (Lipinski definition) is 4. The molecule has 3 heterocycles. The van der Waals surface area contributed by atoms with E-state index < -0.39 is 17.4 Å². The fourth-order valence-electron chi connectivity index (χ4n) is 4.72. The van der Waals surface area contributed by atoms with Crippen LogP contribution in [0.3, 0.4) is 0 Å². The van der Waals surface area contributed by atoms with Crippen molar-refractivity contribution in [2.45, 2.75) is 18.2 Å². The molecular weight excluding hydrogens is 404 g/mol. The number of halogens is 1. The van der Waals surface area contributed by atoms with Crippen LogP contribution in [-0.2, 0) is 20.9 Å². The largest absolute Gasteiger partial charge is 0.497 e. The van der Waals surface area contributed by atoms with Gasteiger partial charge in [0, 0.05) is 17.3 Å². The van der Waals surface area contributed by atoms with Gasteiger partial charge in [0.15, 0.2) is 0 Å². The number of benzene rings is 2. The average molecular weight is 425 g/mol. The summed E-state index contributed by atoms with van der Waals surface area (Å²) in [4.78, 5) is 28.1. The Kier molecular flexibility index (Phi) is 4.56. The molecule has 0 saturated carbocycles. The maximum atomic E-state index is 13.3. The summed E-state index contributed by atoms with van der Waals surface area (Å²) in [5.74, 6) is -0.669. The highest BCUT2D eigenvalue weighted by Gasteiger charge is 2.67. The van der Waals surface area contributed by atoms with Crippen LogP contribution >= 0.6 is 11.6 Å². The molecule has 7 heteroatoms. The molecule has 2 saturated heterocycles. The topological polar surface area (TPSA) is 67.9 Å². The maximum absolute atomic E-state index is 13.3. The average Bonchev–Trinajstić information content (AvgIpc) is 3.41. The number of anilines is 1. The highest BCUT2D eigenvalue weighted by Crippen LogP contribution is 2.52. The normalized spacial score (nSPS) is 28.7. The maximum Gasteiger partial charge on any atom is 0.234 e. The fraction of sp³-hybridized carbons (Fsp3) is 0.304. The molecule has 2 amide bonds. The molecule has 0 aromatic heterocycles. The first-order chi connectivity index (χ1) is 14.5. The molecule has 6 nitrogen and oxygen atoms in total. The van der Waals surface area contributed by atoms with Crippen molar-refractivity contribution >= 4 is 29.1 Å². The van der Waals surface area contributed by atoms with Crippen LogP contribution in [0.5, 0.6) is 5.75 Å². The Morgan fingerprint density at radius 2 is 2.03 bits per heavy atom. The van der Waals surface area contributed by atoms with Gasteiger partial charge in [0.2, 0.25) is 11.8 Å². The molecular formula is C23H21ClN2O4. The number of carbonyl (C=O) groups is 2. The third-order valence-electron chi connectivity index (χ3n) is 6.20. The molecule has 1 N–H and O–H groups in total. The zero-order valence-corrected chi connectivity index (χ0v) is 17.1. The number of ether oxygens (including phenoxy) is 2. The van der Waals surface area contributed by atoms with Gasteiger partial charge in [-0.25, -0.2) is 0 Å². The summed E-state index contributed by atoms with van der Waals surface area (Å²) in [6, 6.07) is 14.7. The van der Waals surface area contributed by atoms with Gasteiger partial charge in [-0.2, -0.15) is 0 Å². The Bertz CT molecular complexity index is 1040. The first-order valence-electron chi connectivity index (χ1n) is 9.86. The van der Waals surface area contributed by atoms with Gasteiger partial charge in [-0.05, 0) is 35.9 Å². The standard InChI is InChI=1S/C23H21ClN2O4/c1-29-16-8-6-15(7-9-16)26-13-23-11-10-18(30-23)19(20(23)22(26)28)21(27)25-12-14-4-2-3-5-17(14)24/h2-11,18-20H,12-13H2,1H3,(H,25,27)/t18-,19?,20?,23-/m1/s1. The number of fused-ring (bicyclic) bond motifs is 1. The minimum Gasteiger partial charge on any atom is -0.497 e. The molecule has 2 aromatic rings. The van der Waals surface area contributed by atoms with E-state index in [1.54, 1.807) is 18.1 Å². The molecule has 2 unspecified atom stereocenters. The Balaban J connectivity index is 1.36. The molecule has 0 radical (unpaired) electrons. The van der Waals surface area contributed by atoms with Crippen molar-refractivity contribution < 1.29 is 19.1 Å². The van der Waals surface area contributed by atoms with E-state index >= 15 is 0 Å². The molecule has 2 bridgehead atoms. The first-order valence-corrected chi connectivity index (χ1v) is 10.2. The molecule has 1 spiro atoms. The number of amides is 2. The Morgan fingerprint density at radius 1 is 1.27 bits per heavy atom. The molecule has 3 aliphatic heterocycles. The molecule has 2 fully saturated rings. The van der Waals surface area contributed by atoms with Gasteiger partial charge in [0.25, 0.3) is 0 Å². The summed E-state index contributed by atoms with van der Waals surface area (Å²) in [6.07, 6.45) is 3.46. The van der Waals surface area contributed by atoms with Crippen molar-refractivity contribution in [2.24, 2.45) is 11.8 Å². The molecule has 5 rings (SSSR count). The fourth-order valence-corrected chi connectivity index (χ4v) is 4.92. The first kappa shape index (κ1) is 19.2. The van der Waals surface area contributed by atoms with Crippen LogP contribution in [0.4, 0.5) is 5.69 Å². The van der Waals surface area contributed by atoms with E-state index in [1.807, 2.05) is 54.6 Å². The molecule has 0 aliphatic carbocycles. The minimum atomic E-state index is -0.756. The second kappa shape index (κ2) is 7.15. The Morgan fingerprint density at radius 3 is 2.77 bits per heavy atom. The lowest BCUT2D eigenvalue weighted by molar-refractivity contribution is -0.132. The quantitative estimate of drug-likeness (QED) is 0.749. The van der Waals surface area contributed by atoms with Crippen molar-refractivity contribution in [3.63, 3.8) is 0 Å². The van der Waals surface area contributed by atoms with Crippen molar-refractivity contribution in [3.05, 3.63) is 71.3 Å². The number of hydrogen-bond donors (Lipinski definition) is 1. The number of rotatable bonds is 5. The lowest BCUT2D eigenvalue weighted by Crippen LogP contribution is -2.44. The summed E-state index contributed by atoms with van der Waals surface area (Å²) in [5.41, 5.74) is 0.841. The van der Waals surface area contributed by atoms with Gasteiger partial charge in [0.05, 0.1) is 31.6 Å². The SMILES string of the molecule is COc1ccc(N2C[C@@]34C=C[C@@H](O3)C(C(=O)NCc3ccccc3Cl)C4C2=O)cc1. The third-order valence-corrected chi connectivity index (χ3v) is 6.57. The van der Waals surface area contributed by atoms with E-state index in [0.29, 0.717) is 18.1 Å². The molecule has 2 aromatic carbocycles. The van der Waals surface area contributed by atoms with Crippen molar-refractivity contribution in [3.8, 4) is 5.75 Å².